The maximum Gasteiger partial charge on any atom is 0.211 e. The smallest absolute Gasteiger partial charge is 0.211 e. The summed E-state index contributed by atoms with van der Waals surface area (Å²) in [7, 11) is -3.10. The minimum absolute atomic E-state index is 0.394. The molecule has 1 aliphatic rings. The highest BCUT2D eigenvalue weighted by Crippen LogP contribution is 2.17. The molecule has 2 heterocycles. The lowest BCUT2D eigenvalue weighted by Gasteiger charge is -2.16. The van der Waals surface area contributed by atoms with Gasteiger partial charge in [0.05, 0.1) is 6.26 Å². The molecule has 0 atom stereocenters. The molecule has 1 radical (unpaired) electrons. The van der Waals surface area contributed by atoms with Crippen LogP contribution in [0.2, 0.25) is 0 Å². The third-order valence-electron chi connectivity index (χ3n) is 2.38. The zero-order valence-corrected chi connectivity index (χ0v) is 8.76. The van der Waals surface area contributed by atoms with Crippen LogP contribution in [0.25, 0.3) is 0 Å². The molecule has 0 unspecified atom stereocenters. The Kier molecular flexibility index (Phi) is 2.32. The van der Waals surface area contributed by atoms with Gasteiger partial charge in [0.2, 0.25) is 10.0 Å². The van der Waals surface area contributed by atoms with Crippen LogP contribution >= 0.6 is 0 Å². The van der Waals surface area contributed by atoms with Crippen LogP contribution in [0, 0.1) is 6.20 Å². The zero-order chi connectivity index (χ0) is 10.2. The van der Waals surface area contributed by atoms with Crippen molar-refractivity contribution in [2.75, 3.05) is 12.8 Å². The van der Waals surface area contributed by atoms with Crippen LogP contribution in [0.3, 0.4) is 0 Å². The van der Waals surface area contributed by atoms with Crippen LogP contribution in [0.4, 0.5) is 0 Å². The normalized spacial score (nSPS) is 18.9. The van der Waals surface area contributed by atoms with Gasteiger partial charge in [-0.2, -0.15) is 9.40 Å². The molecule has 14 heavy (non-hydrogen) atoms. The fourth-order valence-electron chi connectivity index (χ4n) is 1.61. The number of nitrogens with one attached hydrogen (secondary N) is 1. The Balaban J connectivity index is 2.29. The van der Waals surface area contributed by atoms with Crippen molar-refractivity contribution in [2.45, 2.75) is 19.4 Å². The Labute approximate surface area is 83.2 Å². The molecule has 1 aliphatic heterocycles. The average molecular weight is 214 g/mol. The van der Waals surface area contributed by atoms with E-state index in [9.17, 15) is 8.42 Å². The van der Waals surface area contributed by atoms with Crippen LogP contribution in [0.15, 0.2) is 0 Å². The van der Waals surface area contributed by atoms with Crippen molar-refractivity contribution >= 4 is 10.0 Å². The number of sulfonamides is 1. The first-order valence-electron chi connectivity index (χ1n) is 4.46. The summed E-state index contributed by atoms with van der Waals surface area (Å²) in [6.07, 6.45) is 5.70. The van der Waals surface area contributed by atoms with Crippen LogP contribution in [0.1, 0.15) is 17.7 Å². The highest BCUT2D eigenvalue weighted by atomic mass is 32.2. The maximum absolute atomic E-state index is 11.4. The summed E-state index contributed by atoms with van der Waals surface area (Å²) in [5.41, 5.74) is 1.88. The van der Waals surface area contributed by atoms with Crippen molar-refractivity contribution in [1.29, 1.82) is 0 Å². The van der Waals surface area contributed by atoms with E-state index in [0.717, 1.165) is 24.1 Å². The van der Waals surface area contributed by atoms with E-state index < -0.39 is 10.0 Å². The van der Waals surface area contributed by atoms with Crippen LogP contribution in [0.5, 0.6) is 0 Å². The van der Waals surface area contributed by atoms with Gasteiger partial charge in [0, 0.05) is 24.3 Å². The fraction of sp³-hybridized carbons (Fsp3) is 0.625. The first-order valence-corrected chi connectivity index (χ1v) is 6.31. The lowest BCUT2D eigenvalue weighted by atomic mass is 10.2. The number of aromatic nitrogens is 2. The lowest BCUT2D eigenvalue weighted by molar-refractivity contribution is 0.413. The number of hydrogen-bond acceptors (Lipinski definition) is 3. The largest absolute Gasteiger partial charge is 0.282 e. The second-order valence-corrected chi connectivity index (χ2v) is 5.48. The van der Waals surface area contributed by atoms with Crippen molar-refractivity contribution in [3.05, 3.63) is 17.5 Å². The summed E-state index contributed by atoms with van der Waals surface area (Å²) in [6, 6.07) is 0. The molecule has 1 aromatic heterocycles. The molecule has 2 rings (SSSR count). The van der Waals surface area contributed by atoms with E-state index in [1.807, 2.05) is 0 Å². The molecule has 1 aromatic rings. The van der Waals surface area contributed by atoms with Gasteiger partial charge in [-0.05, 0) is 12.8 Å². The molecule has 0 amide bonds. The Bertz CT molecular complexity index is 424. The molecular weight excluding hydrogens is 202 g/mol. The molecule has 0 fully saturated rings. The first-order chi connectivity index (χ1) is 6.57. The summed E-state index contributed by atoms with van der Waals surface area (Å²) < 4.78 is 24.2. The predicted molar refractivity (Wildman–Crippen MR) is 51.0 cm³/mol. The monoisotopic (exact) mass is 214 g/mol. The van der Waals surface area contributed by atoms with Crippen molar-refractivity contribution in [2.24, 2.45) is 0 Å². The summed E-state index contributed by atoms with van der Waals surface area (Å²) in [6.45, 7) is 0.972. The molecular formula is C8H12N3O2S. The first kappa shape index (κ1) is 9.67. The number of aromatic amines is 1. The van der Waals surface area contributed by atoms with E-state index in [2.05, 4.69) is 16.4 Å². The summed E-state index contributed by atoms with van der Waals surface area (Å²) in [5.74, 6) is 0. The van der Waals surface area contributed by atoms with Gasteiger partial charge in [0.15, 0.2) is 0 Å². The van der Waals surface area contributed by atoms with Crippen molar-refractivity contribution in [1.82, 2.24) is 14.5 Å². The molecule has 0 aliphatic carbocycles. The molecule has 77 valence electrons. The summed E-state index contributed by atoms with van der Waals surface area (Å²) in [4.78, 5) is 0. The van der Waals surface area contributed by atoms with Gasteiger partial charge >= 0.3 is 0 Å². The van der Waals surface area contributed by atoms with Gasteiger partial charge in [-0.1, -0.05) is 0 Å². The molecule has 5 nitrogen and oxygen atoms in total. The highest BCUT2D eigenvalue weighted by Gasteiger charge is 2.22. The quantitative estimate of drug-likeness (QED) is 0.711. The lowest BCUT2D eigenvalue weighted by Crippen LogP contribution is -2.29. The van der Waals surface area contributed by atoms with Gasteiger partial charge in [-0.15, -0.1) is 0 Å². The minimum atomic E-state index is -3.10. The predicted octanol–water partition coefficient (Wildman–Crippen LogP) is -0.0823. The second kappa shape index (κ2) is 3.36. The van der Waals surface area contributed by atoms with Crippen LogP contribution < -0.4 is 0 Å². The van der Waals surface area contributed by atoms with E-state index >= 15 is 0 Å². The minimum Gasteiger partial charge on any atom is -0.282 e. The third-order valence-corrected chi connectivity index (χ3v) is 3.63. The average Bonchev–Trinajstić information content (AvgIpc) is 2.41. The third kappa shape index (κ3) is 1.80. The van der Waals surface area contributed by atoms with Crippen LogP contribution in [-0.4, -0.2) is 35.7 Å². The van der Waals surface area contributed by atoms with Crippen molar-refractivity contribution < 1.29 is 8.42 Å². The Morgan fingerprint density at radius 2 is 2.36 bits per heavy atom. The Morgan fingerprint density at radius 1 is 1.57 bits per heavy atom. The molecule has 0 aromatic carbocycles. The second-order valence-electron chi connectivity index (χ2n) is 3.49. The van der Waals surface area contributed by atoms with Gasteiger partial charge in [0.1, 0.15) is 6.20 Å². The van der Waals surface area contributed by atoms with Gasteiger partial charge in [-0.3, -0.25) is 5.10 Å². The standard InChI is InChI=1S/C8H12N3O2S/c1-14(12,13)11-4-2-3-8-7(6-11)5-9-10-8/h2-4,6H2,1H3,(H,9,10). The van der Waals surface area contributed by atoms with Crippen molar-refractivity contribution in [3.8, 4) is 0 Å². The topological polar surface area (TPSA) is 66.1 Å². The van der Waals surface area contributed by atoms with Crippen molar-refractivity contribution in [3.63, 3.8) is 0 Å². The molecule has 1 N–H and O–H groups in total. The van der Waals surface area contributed by atoms with Crippen LogP contribution in [-0.2, 0) is 23.0 Å². The molecule has 0 spiro atoms. The number of hydrogen-bond donors (Lipinski definition) is 1. The van der Waals surface area contributed by atoms with E-state index in [1.165, 1.54) is 10.6 Å². The van der Waals surface area contributed by atoms with Gasteiger partial charge in [0.25, 0.3) is 0 Å². The van der Waals surface area contributed by atoms with E-state index in [-0.39, 0.29) is 0 Å². The zero-order valence-electron chi connectivity index (χ0n) is 7.95. The van der Waals surface area contributed by atoms with Gasteiger partial charge in [-0.25, -0.2) is 8.42 Å². The number of rotatable bonds is 1. The number of H-pyrrole nitrogens is 1. The van der Waals surface area contributed by atoms with Gasteiger partial charge < -0.3 is 0 Å². The fourth-order valence-corrected chi connectivity index (χ4v) is 2.43. The molecule has 0 saturated heterocycles. The number of aryl methyl sites for hydroxylation is 1. The Hall–Kier alpha value is -0.880. The van der Waals surface area contributed by atoms with E-state index in [0.29, 0.717) is 13.1 Å². The molecule has 6 heteroatoms. The van der Waals surface area contributed by atoms with E-state index in [1.54, 1.807) is 0 Å². The number of fused-ring (bicyclic) bond motifs is 1. The summed E-state index contributed by atoms with van der Waals surface area (Å²) >= 11 is 0. The molecule has 0 bridgehead atoms. The SMILES string of the molecule is CS(=O)(=O)N1CCCc2[nH]n[c]c2C1. The maximum atomic E-state index is 11.4. The number of nitrogens with zero attached hydrogens (tertiary/aromatic N) is 2. The van der Waals surface area contributed by atoms with E-state index in [4.69, 9.17) is 0 Å². The molecule has 0 saturated carbocycles. The Morgan fingerprint density at radius 3 is 3.07 bits per heavy atom. The summed E-state index contributed by atoms with van der Waals surface area (Å²) in [5, 5.41) is 6.63. The highest BCUT2D eigenvalue weighted by molar-refractivity contribution is 7.88.